The number of hydrogen-bond donors (Lipinski definition) is 0. The minimum Gasteiger partial charge on any atom is -0.367 e. The van der Waals surface area contributed by atoms with E-state index in [0.717, 1.165) is 38.4 Å². The Labute approximate surface area is 118 Å². The predicted octanol–water partition coefficient (Wildman–Crippen LogP) is 2.54. The Bertz CT molecular complexity index is 551. The molecule has 1 saturated heterocycles. The Hall–Kier alpha value is -1.94. The molecule has 1 aromatic carbocycles. The Morgan fingerprint density at radius 3 is 2.40 bits per heavy atom. The molecule has 2 aromatic rings. The van der Waals surface area contributed by atoms with Crippen molar-refractivity contribution in [2.24, 2.45) is 0 Å². The summed E-state index contributed by atoms with van der Waals surface area (Å²) in [7, 11) is 0. The summed E-state index contributed by atoms with van der Waals surface area (Å²) >= 11 is 0. The first-order valence-corrected chi connectivity index (χ1v) is 6.95. The van der Waals surface area contributed by atoms with Crippen LogP contribution in [0.4, 0.5) is 10.1 Å². The molecule has 4 heteroatoms. The van der Waals surface area contributed by atoms with Gasteiger partial charge in [-0.15, -0.1) is 0 Å². The molecule has 3 nitrogen and oxygen atoms in total. The van der Waals surface area contributed by atoms with Crippen LogP contribution >= 0.6 is 0 Å². The zero-order valence-corrected chi connectivity index (χ0v) is 11.4. The zero-order chi connectivity index (χ0) is 13.8. The Morgan fingerprint density at radius 2 is 1.70 bits per heavy atom. The smallest absolute Gasteiger partial charge is 0.146 e. The van der Waals surface area contributed by atoms with Crippen molar-refractivity contribution in [2.45, 2.75) is 6.54 Å². The van der Waals surface area contributed by atoms with E-state index in [0.29, 0.717) is 5.69 Å². The van der Waals surface area contributed by atoms with Gasteiger partial charge in [0.1, 0.15) is 5.82 Å². The van der Waals surface area contributed by atoms with E-state index in [1.165, 1.54) is 6.07 Å². The highest BCUT2D eigenvalue weighted by molar-refractivity contribution is 5.47. The predicted molar refractivity (Wildman–Crippen MR) is 78.1 cm³/mol. The first-order valence-electron chi connectivity index (χ1n) is 6.95. The summed E-state index contributed by atoms with van der Waals surface area (Å²) < 4.78 is 13.8. The van der Waals surface area contributed by atoms with Gasteiger partial charge >= 0.3 is 0 Å². The van der Waals surface area contributed by atoms with Crippen LogP contribution in [0.5, 0.6) is 0 Å². The lowest BCUT2D eigenvalue weighted by molar-refractivity contribution is 0.246. The van der Waals surface area contributed by atoms with E-state index in [4.69, 9.17) is 0 Å². The molecule has 104 valence electrons. The third kappa shape index (κ3) is 2.96. The molecule has 0 bridgehead atoms. The average Bonchev–Trinajstić information content (AvgIpc) is 2.50. The van der Waals surface area contributed by atoms with Crippen molar-refractivity contribution >= 4 is 5.69 Å². The maximum absolute atomic E-state index is 13.8. The van der Waals surface area contributed by atoms with Crippen LogP contribution in [-0.4, -0.2) is 36.1 Å². The fraction of sp³-hybridized carbons (Fsp3) is 0.312. The van der Waals surface area contributed by atoms with Crippen LogP contribution < -0.4 is 4.90 Å². The molecule has 3 rings (SSSR count). The number of pyridine rings is 1. The third-order valence-electron chi connectivity index (χ3n) is 3.68. The lowest BCUT2D eigenvalue weighted by Crippen LogP contribution is -2.46. The lowest BCUT2D eigenvalue weighted by Gasteiger charge is -2.36. The Balaban J connectivity index is 1.59. The standard InChI is InChI=1S/C16H18FN3/c17-15-6-1-2-7-16(15)20-11-9-19(10-12-20)13-14-5-3-4-8-18-14/h1-8H,9-13H2. The fourth-order valence-electron chi connectivity index (χ4n) is 2.58. The highest BCUT2D eigenvalue weighted by atomic mass is 19.1. The van der Waals surface area contributed by atoms with E-state index in [-0.39, 0.29) is 5.82 Å². The average molecular weight is 271 g/mol. The summed E-state index contributed by atoms with van der Waals surface area (Å²) in [5, 5.41) is 0. The number of piperazine rings is 1. The zero-order valence-electron chi connectivity index (χ0n) is 11.4. The van der Waals surface area contributed by atoms with Crippen molar-refractivity contribution in [1.29, 1.82) is 0 Å². The summed E-state index contributed by atoms with van der Waals surface area (Å²) in [5.74, 6) is -0.134. The number of hydrogen-bond acceptors (Lipinski definition) is 3. The monoisotopic (exact) mass is 271 g/mol. The molecule has 0 aliphatic carbocycles. The number of nitrogens with zero attached hydrogens (tertiary/aromatic N) is 3. The quantitative estimate of drug-likeness (QED) is 0.855. The summed E-state index contributed by atoms with van der Waals surface area (Å²) in [5.41, 5.74) is 1.80. The molecule has 0 unspecified atom stereocenters. The second-order valence-electron chi connectivity index (χ2n) is 5.04. The molecule has 1 fully saturated rings. The van der Waals surface area contributed by atoms with E-state index in [1.807, 2.05) is 36.5 Å². The van der Waals surface area contributed by atoms with Crippen LogP contribution in [0.3, 0.4) is 0 Å². The van der Waals surface area contributed by atoms with Gasteiger partial charge in [0, 0.05) is 38.9 Å². The van der Waals surface area contributed by atoms with Crippen molar-refractivity contribution in [2.75, 3.05) is 31.1 Å². The highest BCUT2D eigenvalue weighted by Gasteiger charge is 2.19. The van der Waals surface area contributed by atoms with Crippen LogP contribution in [-0.2, 0) is 6.54 Å². The number of anilines is 1. The summed E-state index contributed by atoms with van der Waals surface area (Å²) in [6.07, 6.45) is 1.82. The van der Waals surface area contributed by atoms with Gasteiger partial charge in [0.15, 0.2) is 0 Å². The summed E-state index contributed by atoms with van der Waals surface area (Å²) in [6.45, 7) is 4.45. The Kier molecular flexibility index (Phi) is 3.92. The van der Waals surface area contributed by atoms with E-state index in [1.54, 1.807) is 6.07 Å². The Morgan fingerprint density at radius 1 is 0.950 bits per heavy atom. The van der Waals surface area contributed by atoms with Crippen LogP contribution in [0.1, 0.15) is 5.69 Å². The van der Waals surface area contributed by atoms with Crippen LogP contribution in [0, 0.1) is 5.82 Å². The third-order valence-corrected chi connectivity index (χ3v) is 3.68. The molecule has 0 radical (unpaired) electrons. The molecule has 1 aliphatic rings. The normalized spacial score (nSPS) is 16.4. The van der Waals surface area contributed by atoms with Crippen molar-refractivity contribution in [1.82, 2.24) is 9.88 Å². The first kappa shape index (κ1) is 13.1. The highest BCUT2D eigenvalue weighted by Crippen LogP contribution is 2.20. The van der Waals surface area contributed by atoms with Gasteiger partial charge in [-0.25, -0.2) is 4.39 Å². The maximum Gasteiger partial charge on any atom is 0.146 e. The van der Waals surface area contributed by atoms with Crippen molar-refractivity contribution in [3.05, 3.63) is 60.2 Å². The topological polar surface area (TPSA) is 19.4 Å². The first-order chi connectivity index (χ1) is 9.83. The van der Waals surface area contributed by atoms with Gasteiger partial charge in [0.2, 0.25) is 0 Å². The maximum atomic E-state index is 13.8. The van der Waals surface area contributed by atoms with Crippen LogP contribution in [0.15, 0.2) is 48.7 Å². The second kappa shape index (κ2) is 6.01. The molecule has 0 amide bonds. The summed E-state index contributed by atoms with van der Waals surface area (Å²) in [6, 6.07) is 13.0. The van der Waals surface area contributed by atoms with Crippen molar-refractivity contribution in [3.8, 4) is 0 Å². The van der Waals surface area contributed by atoms with E-state index in [9.17, 15) is 4.39 Å². The van der Waals surface area contributed by atoms with Gasteiger partial charge in [-0.05, 0) is 24.3 Å². The number of rotatable bonds is 3. The van der Waals surface area contributed by atoms with E-state index >= 15 is 0 Å². The van der Waals surface area contributed by atoms with Gasteiger partial charge in [0.05, 0.1) is 11.4 Å². The number of halogens is 1. The molecule has 1 aromatic heterocycles. The molecule has 1 aliphatic heterocycles. The minimum atomic E-state index is -0.134. The molecule has 0 N–H and O–H groups in total. The SMILES string of the molecule is Fc1ccccc1N1CCN(Cc2ccccn2)CC1. The van der Waals surface area contributed by atoms with E-state index in [2.05, 4.69) is 14.8 Å². The summed E-state index contributed by atoms with van der Waals surface area (Å²) in [4.78, 5) is 8.82. The van der Waals surface area contributed by atoms with Crippen molar-refractivity contribution < 1.29 is 4.39 Å². The minimum absolute atomic E-state index is 0.134. The molecule has 0 saturated carbocycles. The van der Waals surface area contributed by atoms with Crippen LogP contribution in [0.2, 0.25) is 0 Å². The van der Waals surface area contributed by atoms with E-state index < -0.39 is 0 Å². The van der Waals surface area contributed by atoms with Gasteiger partial charge in [-0.3, -0.25) is 9.88 Å². The molecular weight excluding hydrogens is 253 g/mol. The lowest BCUT2D eigenvalue weighted by atomic mass is 10.2. The largest absolute Gasteiger partial charge is 0.367 e. The second-order valence-corrected chi connectivity index (χ2v) is 5.04. The van der Waals surface area contributed by atoms with Gasteiger partial charge in [-0.2, -0.15) is 0 Å². The van der Waals surface area contributed by atoms with Gasteiger partial charge < -0.3 is 4.90 Å². The van der Waals surface area contributed by atoms with Gasteiger partial charge in [0.25, 0.3) is 0 Å². The molecule has 20 heavy (non-hydrogen) atoms. The molecule has 2 heterocycles. The molecular formula is C16H18FN3. The van der Waals surface area contributed by atoms with Gasteiger partial charge in [-0.1, -0.05) is 18.2 Å². The van der Waals surface area contributed by atoms with Crippen LogP contribution in [0.25, 0.3) is 0 Å². The molecule has 0 spiro atoms. The van der Waals surface area contributed by atoms with Crippen molar-refractivity contribution in [3.63, 3.8) is 0 Å². The molecule has 0 atom stereocenters. The number of benzene rings is 1. The number of aromatic nitrogens is 1. The fourth-order valence-corrected chi connectivity index (χ4v) is 2.58. The number of para-hydroxylation sites is 1.